The van der Waals surface area contributed by atoms with E-state index in [1.165, 1.54) is 4.68 Å². The highest BCUT2D eigenvalue weighted by molar-refractivity contribution is 6.13. The molecule has 0 unspecified atom stereocenters. The van der Waals surface area contributed by atoms with Crippen LogP contribution in [0.1, 0.15) is 38.8 Å². The minimum atomic E-state index is -0.279. The van der Waals surface area contributed by atoms with Crippen molar-refractivity contribution in [1.29, 1.82) is 0 Å². The van der Waals surface area contributed by atoms with Gasteiger partial charge in [0.05, 0.1) is 12.0 Å². The lowest BCUT2D eigenvalue weighted by molar-refractivity contribution is 0.0890. The zero-order valence-electron chi connectivity index (χ0n) is 10.6. The smallest absolute Gasteiger partial charge is 0.190 e. The van der Waals surface area contributed by atoms with Crippen molar-refractivity contribution in [2.24, 2.45) is 7.05 Å². The van der Waals surface area contributed by atoms with Gasteiger partial charge < -0.3 is 4.42 Å². The number of aryl methyl sites for hydroxylation is 3. The zero-order chi connectivity index (χ0) is 13.3. The van der Waals surface area contributed by atoms with Crippen LogP contribution in [0.3, 0.4) is 0 Å². The number of carbonyl (C=O) groups is 2. The summed E-state index contributed by atoms with van der Waals surface area (Å²) in [6, 6.07) is 3.26. The van der Waals surface area contributed by atoms with Crippen molar-refractivity contribution in [3.63, 3.8) is 0 Å². The molecule has 0 aliphatic heterocycles. The number of furan rings is 1. The first kappa shape index (κ1) is 12.3. The molecular weight excluding hydrogens is 232 g/mol. The predicted molar refractivity (Wildman–Crippen MR) is 64.7 cm³/mol. The van der Waals surface area contributed by atoms with E-state index in [1.54, 1.807) is 39.2 Å². The lowest BCUT2D eigenvalue weighted by atomic mass is 10.1. The summed E-state index contributed by atoms with van der Waals surface area (Å²) < 4.78 is 6.81. The Balaban J connectivity index is 2.13. The highest BCUT2D eigenvalue weighted by atomic mass is 16.3. The Kier molecular flexibility index (Phi) is 3.14. The molecule has 0 atom stereocenters. The summed E-state index contributed by atoms with van der Waals surface area (Å²) in [6.07, 6.45) is 1.49. The van der Waals surface area contributed by atoms with Crippen LogP contribution in [0.2, 0.25) is 0 Å². The summed E-state index contributed by atoms with van der Waals surface area (Å²) in [5.41, 5.74) is 0.778. The molecule has 2 aromatic heterocycles. The molecule has 5 nitrogen and oxygen atoms in total. The molecule has 0 spiro atoms. The van der Waals surface area contributed by atoms with E-state index in [-0.39, 0.29) is 18.0 Å². The van der Waals surface area contributed by atoms with Gasteiger partial charge in [0.2, 0.25) is 0 Å². The van der Waals surface area contributed by atoms with Crippen molar-refractivity contribution in [2.45, 2.75) is 20.3 Å². The molecule has 0 bridgehead atoms. The van der Waals surface area contributed by atoms with Gasteiger partial charge in [-0.25, -0.2) is 0 Å². The van der Waals surface area contributed by atoms with Crippen molar-refractivity contribution in [3.05, 3.63) is 41.1 Å². The van der Waals surface area contributed by atoms with Gasteiger partial charge in [-0.1, -0.05) is 0 Å². The van der Waals surface area contributed by atoms with E-state index >= 15 is 0 Å². The fourth-order valence-electron chi connectivity index (χ4n) is 1.80. The Bertz CT molecular complexity index is 608. The first-order valence-electron chi connectivity index (χ1n) is 5.60. The van der Waals surface area contributed by atoms with E-state index in [0.29, 0.717) is 22.8 Å². The molecule has 0 aromatic carbocycles. The topological polar surface area (TPSA) is 65.1 Å². The highest BCUT2D eigenvalue weighted by Crippen LogP contribution is 2.16. The molecule has 0 radical (unpaired) electrons. The maximum Gasteiger partial charge on any atom is 0.190 e. The number of Topliss-reactive ketones (excluding diaryl/α,β-unsaturated/α-hetero) is 2. The van der Waals surface area contributed by atoms with E-state index in [4.69, 9.17) is 4.42 Å². The molecular formula is C13H14N2O3. The lowest BCUT2D eigenvalue weighted by Crippen LogP contribution is -2.09. The molecule has 0 saturated heterocycles. The second-order valence-electron chi connectivity index (χ2n) is 4.22. The highest BCUT2D eigenvalue weighted by Gasteiger charge is 2.19. The van der Waals surface area contributed by atoms with Gasteiger partial charge in [0.25, 0.3) is 0 Å². The predicted octanol–water partition coefficient (Wildman–Crippen LogP) is 2.09. The summed E-state index contributed by atoms with van der Waals surface area (Å²) in [6.45, 7) is 3.48. The SMILES string of the molecule is Cc1cc(C(=O)CC(=O)c2ccn(C)n2)c(C)o1. The molecule has 18 heavy (non-hydrogen) atoms. The van der Waals surface area contributed by atoms with Gasteiger partial charge in [-0.2, -0.15) is 5.10 Å². The molecule has 0 N–H and O–H groups in total. The second-order valence-corrected chi connectivity index (χ2v) is 4.22. The molecule has 5 heteroatoms. The number of rotatable bonds is 4. The fourth-order valence-corrected chi connectivity index (χ4v) is 1.80. The third-order valence-corrected chi connectivity index (χ3v) is 2.66. The number of nitrogens with zero attached hydrogens (tertiary/aromatic N) is 2. The van der Waals surface area contributed by atoms with Crippen molar-refractivity contribution in [1.82, 2.24) is 9.78 Å². The summed E-state index contributed by atoms with van der Waals surface area (Å²) in [5.74, 6) is 0.700. The Morgan fingerprint density at radius 3 is 2.56 bits per heavy atom. The van der Waals surface area contributed by atoms with Gasteiger partial charge in [-0.3, -0.25) is 14.3 Å². The maximum absolute atomic E-state index is 12.0. The van der Waals surface area contributed by atoms with Gasteiger partial charge in [-0.15, -0.1) is 0 Å². The van der Waals surface area contributed by atoms with E-state index < -0.39 is 0 Å². The van der Waals surface area contributed by atoms with E-state index in [2.05, 4.69) is 5.10 Å². The van der Waals surface area contributed by atoms with Crippen LogP contribution in [0.25, 0.3) is 0 Å². The first-order valence-corrected chi connectivity index (χ1v) is 5.60. The van der Waals surface area contributed by atoms with Crippen molar-refractivity contribution in [3.8, 4) is 0 Å². The van der Waals surface area contributed by atoms with Crippen LogP contribution in [-0.2, 0) is 7.05 Å². The van der Waals surface area contributed by atoms with Crippen LogP contribution in [0, 0.1) is 13.8 Å². The second kappa shape index (κ2) is 4.60. The third-order valence-electron chi connectivity index (χ3n) is 2.66. The zero-order valence-corrected chi connectivity index (χ0v) is 10.6. The fraction of sp³-hybridized carbons (Fsp3) is 0.308. The Labute approximate surface area is 104 Å². The van der Waals surface area contributed by atoms with Crippen LogP contribution >= 0.6 is 0 Å². The summed E-state index contributed by atoms with van der Waals surface area (Å²) in [4.78, 5) is 23.8. The van der Waals surface area contributed by atoms with E-state index in [1.807, 2.05) is 0 Å². The third kappa shape index (κ3) is 2.40. The summed E-state index contributed by atoms with van der Waals surface area (Å²) >= 11 is 0. The minimum absolute atomic E-state index is 0.184. The summed E-state index contributed by atoms with van der Waals surface area (Å²) in [7, 11) is 1.72. The number of ketones is 2. The van der Waals surface area contributed by atoms with E-state index in [9.17, 15) is 9.59 Å². The number of hydrogen-bond donors (Lipinski definition) is 0. The van der Waals surface area contributed by atoms with Crippen LogP contribution in [-0.4, -0.2) is 21.3 Å². The standard InChI is InChI=1S/C13H14N2O3/c1-8-6-10(9(2)18-8)12(16)7-13(17)11-4-5-15(3)14-11/h4-6H,7H2,1-3H3. The molecule has 0 saturated carbocycles. The van der Waals surface area contributed by atoms with Crippen LogP contribution < -0.4 is 0 Å². The van der Waals surface area contributed by atoms with Gasteiger partial charge in [0.15, 0.2) is 11.6 Å². The number of carbonyl (C=O) groups excluding carboxylic acids is 2. The first-order chi connectivity index (χ1) is 8.47. The van der Waals surface area contributed by atoms with Crippen molar-refractivity contribution < 1.29 is 14.0 Å². The molecule has 0 fully saturated rings. The molecule has 0 aliphatic rings. The average Bonchev–Trinajstić information content (AvgIpc) is 2.84. The Morgan fingerprint density at radius 2 is 2.06 bits per heavy atom. The molecule has 0 aliphatic carbocycles. The van der Waals surface area contributed by atoms with E-state index in [0.717, 1.165) is 0 Å². The molecule has 2 aromatic rings. The minimum Gasteiger partial charge on any atom is -0.466 e. The Morgan fingerprint density at radius 1 is 1.33 bits per heavy atom. The largest absolute Gasteiger partial charge is 0.466 e. The van der Waals surface area contributed by atoms with Crippen LogP contribution in [0.4, 0.5) is 0 Å². The maximum atomic E-state index is 12.0. The van der Waals surface area contributed by atoms with Crippen molar-refractivity contribution in [2.75, 3.05) is 0 Å². The molecule has 0 amide bonds. The molecule has 2 heterocycles. The Hall–Kier alpha value is -2.17. The van der Waals surface area contributed by atoms with Gasteiger partial charge in [-0.05, 0) is 26.0 Å². The summed E-state index contributed by atoms with van der Waals surface area (Å²) in [5, 5.41) is 3.98. The number of aromatic nitrogens is 2. The average molecular weight is 246 g/mol. The number of hydrogen-bond acceptors (Lipinski definition) is 4. The van der Waals surface area contributed by atoms with Gasteiger partial charge in [0.1, 0.15) is 17.2 Å². The van der Waals surface area contributed by atoms with Crippen LogP contribution in [0.5, 0.6) is 0 Å². The van der Waals surface area contributed by atoms with Crippen molar-refractivity contribution >= 4 is 11.6 Å². The van der Waals surface area contributed by atoms with Gasteiger partial charge >= 0.3 is 0 Å². The molecule has 94 valence electrons. The monoisotopic (exact) mass is 246 g/mol. The normalized spacial score (nSPS) is 10.6. The van der Waals surface area contributed by atoms with Crippen LogP contribution in [0.15, 0.2) is 22.7 Å². The quantitative estimate of drug-likeness (QED) is 0.612. The van der Waals surface area contributed by atoms with Gasteiger partial charge in [0, 0.05) is 13.2 Å². The molecule has 2 rings (SSSR count). The lowest BCUT2D eigenvalue weighted by Gasteiger charge is -1.97.